The predicted molar refractivity (Wildman–Crippen MR) is 154 cm³/mol. The van der Waals surface area contributed by atoms with Gasteiger partial charge in [-0.1, -0.05) is 6.08 Å². The molecule has 0 bridgehead atoms. The van der Waals surface area contributed by atoms with Gasteiger partial charge in [-0.15, -0.1) is 30.1 Å². The Balaban J connectivity index is 1.72. The van der Waals surface area contributed by atoms with Crippen molar-refractivity contribution in [3.8, 4) is 0 Å². The molecule has 0 aromatic carbocycles. The third-order valence-corrected chi connectivity index (χ3v) is 9.41. The summed E-state index contributed by atoms with van der Waals surface area (Å²) in [6.45, 7) is 3.78. The van der Waals surface area contributed by atoms with Gasteiger partial charge in [0.05, 0.1) is 51.7 Å². The van der Waals surface area contributed by atoms with Crippen molar-refractivity contribution in [2.24, 2.45) is 5.41 Å². The van der Waals surface area contributed by atoms with Crippen LogP contribution >= 0.6 is 23.5 Å². The monoisotopic (exact) mass is 648 g/mol. The Kier molecular flexibility index (Phi) is 18.2. The lowest BCUT2D eigenvalue weighted by Gasteiger charge is -2.39. The number of aliphatic hydroxyl groups excluding tert-OH is 9. The second kappa shape index (κ2) is 20.1. The molecule has 42 heavy (non-hydrogen) atoms. The highest BCUT2D eigenvalue weighted by Crippen LogP contribution is 2.30. The van der Waals surface area contributed by atoms with E-state index in [0.29, 0.717) is 37.6 Å². The molecular formula is C26H48O14S2. The molecule has 2 fully saturated rings. The summed E-state index contributed by atoms with van der Waals surface area (Å²) in [7, 11) is 0. The summed E-state index contributed by atoms with van der Waals surface area (Å²) in [6.07, 6.45) is -7.43. The second-order valence-electron chi connectivity index (χ2n) is 10.4. The fourth-order valence-corrected chi connectivity index (χ4v) is 6.52. The molecule has 248 valence electrons. The van der Waals surface area contributed by atoms with Crippen LogP contribution < -0.4 is 0 Å². The molecular weight excluding hydrogens is 600 g/mol. The Morgan fingerprint density at radius 1 is 0.643 bits per heavy atom. The standard InChI is InChI=1S/C26H48O14S2/c1-2-5-36-13-26(12-29,14-37-6-3-8-41-24-22(34)20(32)18(30)16(10-27)39-24)15-38-7-4-9-42-25-23(35)21(33)19(31)17(11-28)40-25/h2,16-25,27-35H,1,3-15H2/t16-,17-,18-,19-,20+,21+,22+,23+,24-,25-/m1/s1. The summed E-state index contributed by atoms with van der Waals surface area (Å²) in [5.74, 6) is 1.01. The lowest BCUT2D eigenvalue weighted by Crippen LogP contribution is -2.57. The Bertz CT molecular complexity index is 687. The molecule has 0 spiro atoms. The zero-order valence-electron chi connectivity index (χ0n) is 23.6. The van der Waals surface area contributed by atoms with Crippen molar-refractivity contribution in [1.29, 1.82) is 0 Å². The molecule has 0 amide bonds. The van der Waals surface area contributed by atoms with Gasteiger partial charge in [-0.05, 0) is 24.3 Å². The summed E-state index contributed by atoms with van der Waals surface area (Å²) in [6, 6.07) is 0. The average Bonchev–Trinajstić information content (AvgIpc) is 2.99. The van der Waals surface area contributed by atoms with Crippen LogP contribution in [-0.2, 0) is 23.7 Å². The van der Waals surface area contributed by atoms with Crippen molar-refractivity contribution in [1.82, 2.24) is 0 Å². The van der Waals surface area contributed by atoms with E-state index in [1.54, 1.807) is 6.08 Å². The smallest absolute Gasteiger partial charge is 0.132 e. The summed E-state index contributed by atoms with van der Waals surface area (Å²) in [5.41, 5.74) is -2.45. The molecule has 0 aliphatic carbocycles. The Labute approximate surface area is 254 Å². The Morgan fingerprint density at radius 2 is 1.07 bits per heavy atom. The van der Waals surface area contributed by atoms with E-state index in [0.717, 1.165) is 0 Å². The summed E-state index contributed by atoms with van der Waals surface area (Å²) in [5, 5.41) is 88.7. The van der Waals surface area contributed by atoms with E-state index in [9.17, 15) is 46.0 Å². The van der Waals surface area contributed by atoms with Crippen LogP contribution in [0.3, 0.4) is 0 Å². The third kappa shape index (κ3) is 11.3. The summed E-state index contributed by atoms with van der Waals surface area (Å²) in [4.78, 5) is 0. The van der Waals surface area contributed by atoms with E-state index >= 15 is 0 Å². The average molecular weight is 649 g/mol. The van der Waals surface area contributed by atoms with E-state index in [4.69, 9.17) is 23.7 Å². The molecule has 16 heteroatoms. The first-order valence-corrected chi connectivity index (χ1v) is 16.0. The van der Waals surface area contributed by atoms with Crippen molar-refractivity contribution in [3.63, 3.8) is 0 Å². The van der Waals surface area contributed by atoms with Crippen LogP contribution in [0.1, 0.15) is 12.8 Å². The van der Waals surface area contributed by atoms with Crippen LogP contribution in [0.25, 0.3) is 0 Å². The van der Waals surface area contributed by atoms with Crippen molar-refractivity contribution in [2.75, 3.05) is 71.0 Å². The van der Waals surface area contributed by atoms with Crippen LogP contribution in [0.15, 0.2) is 12.7 Å². The fraction of sp³-hybridized carbons (Fsp3) is 0.923. The van der Waals surface area contributed by atoms with E-state index in [-0.39, 0.29) is 33.0 Å². The van der Waals surface area contributed by atoms with Gasteiger partial charge in [-0.3, -0.25) is 0 Å². The Hall–Kier alpha value is -0.120. The highest BCUT2D eigenvalue weighted by molar-refractivity contribution is 8.00. The number of hydrogen-bond acceptors (Lipinski definition) is 16. The third-order valence-electron chi connectivity index (χ3n) is 6.92. The minimum atomic E-state index is -1.42. The molecule has 9 N–H and O–H groups in total. The molecule has 0 aromatic rings. The minimum Gasteiger partial charge on any atom is -0.396 e. The highest BCUT2D eigenvalue weighted by atomic mass is 32.2. The van der Waals surface area contributed by atoms with Crippen LogP contribution in [0.5, 0.6) is 0 Å². The van der Waals surface area contributed by atoms with Crippen LogP contribution in [0.2, 0.25) is 0 Å². The van der Waals surface area contributed by atoms with E-state index in [1.807, 2.05) is 0 Å². The van der Waals surface area contributed by atoms with Crippen molar-refractivity contribution in [3.05, 3.63) is 12.7 Å². The molecule has 0 aromatic heterocycles. The largest absolute Gasteiger partial charge is 0.396 e. The van der Waals surface area contributed by atoms with Gasteiger partial charge in [-0.25, -0.2) is 0 Å². The van der Waals surface area contributed by atoms with Gasteiger partial charge in [0.15, 0.2) is 0 Å². The first-order chi connectivity index (χ1) is 20.1. The molecule has 2 heterocycles. The highest BCUT2D eigenvalue weighted by Gasteiger charge is 2.44. The quantitative estimate of drug-likeness (QED) is 0.0448. The number of hydrogen-bond donors (Lipinski definition) is 9. The first kappa shape index (κ1) is 38.1. The zero-order valence-corrected chi connectivity index (χ0v) is 25.3. The van der Waals surface area contributed by atoms with Gasteiger partial charge in [-0.2, -0.15) is 0 Å². The summed E-state index contributed by atoms with van der Waals surface area (Å²) >= 11 is 2.47. The maximum Gasteiger partial charge on any atom is 0.132 e. The fourth-order valence-electron chi connectivity index (χ4n) is 4.33. The maximum absolute atomic E-state index is 10.2. The zero-order chi connectivity index (χ0) is 31.1. The molecule has 2 aliphatic heterocycles. The number of ether oxygens (including phenoxy) is 5. The van der Waals surface area contributed by atoms with E-state index < -0.39 is 78.3 Å². The Morgan fingerprint density at radius 3 is 1.45 bits per heavy atom. The molecule has 0 unspecified atom stereocenters. The van der Waals surface area contributed by atoms with Crippen LogP contribution in [0, 0.1) is 5.41 Å². The van der Waals surface area contributed by atoms with Crippen molar-refractivity contribution >= 4 is 23.5 Å². The molecule has 0 radical (unpaired) electrons. The van der Waals surface area contributed by atoms with Gasteiger partial charge < -0.3 is 69.6 Å². The van der Waals surface area contributed by atoms with Gasteiger partial charge in [0, 0.05) is 13.2 Å². The van der Waals surface area contributed by atoms with Crippen molar-refractivity contribution < 1.29 is 69.6 Å². The molecule has 2 aliphatic rings. The van der Waals surface area contributed by atoms with Crippen LogP contribution in [0.4, 0.5) is 0 Å². The number of aliphatic hydroxyl groups is 9. The molecule has 10 atom stereocenters. The SMILES string of the molecule is C=CCOCC(CO)(COCCCS[C@H]1O[C@H](CO)[C@@H](O)[C@H](O)[C@@H]1O)COCCCS[C@H]1O[C@H](CO)[C@@H](O)[C@H](O)[C@@H]1O. The predicted octanol–water partition coefficient (Wildman–Crippen LogP) is -2.95. The lowest BCUT2D eigenvalue weighted by atomic mass is 9.92. The van der Waals surface area contributed by atoms with E-state index in [2.05, 4.69) is 6.58 Å². The maximum atomic E-state index is 10.2. The normalized spacial score (nSPS) is 34.0. The number of rotatable bonds is 21. The van der Waals surface area contributed by atoms with Crippen molar-refractivity contribution in [2.45, 2.75) is 72.5 Å². The lowest BCUT2D eigenvalue weighted by molar-refractivity contribution is -0.205. The number of thioether (sulfide) groups is 2. The van der Waals surface area contributed by atoms with E-state index in [1.165, 1.54) is 23.5 Å². The second-order valence-corrected chi connectivity index (χ2v) is 12.8. The molecule has 14 nitrogen and oxygen atoms in total. The van der Waals surface area contributed by atoms with Crippen LogP contribution in [-0.4, -0.2) is 177 Å². The minimum absolute atomic E-state index is 0.144. The summed E-state index contributed by atoms with van der Waals surface area (Å²) < 4.78 is 28.2. The molecule has 0 saturated carbocycles. The first-order valence-electron chi connectivity index (χ1n) is 13.9. The van der Waals surface area contributed by atoms with Gasteiger partial charge in [0.2, 0.25) is 0 Å². The molecule has 2 rings (SSSR count). The van der Waals surface area contributed by atoms with Gasteiger partial charge in [0.1, 0.15) is 59.7 Å². The van der Waals surface area contributed by atoms with Gasteiger partial charge >= 0.3 is 0 Å². The van der Waals surface area contributed by atoms with Gasteiger partial charge in [0.25, 0.3) is 0 Å². The topological polar surface area (TPSA) is 228 Å². The molecule has 2 saturated heterocycles.